The van der Waals surface area contributed by atoms with E-state index in [1.807, 2.05) is 13.0 Å². The average molecular weight is 1600 g/mol. The van der Waals surface area contributed by atoms with Crippen LogP contribution in [0.4, 0.5) is 52.7 Å². The number of Topliss-reactive ketones (excluding diaryl/α,β-unsaturated/α-hetero) is 1. The number of halogens is 18. The van der Waals surface area contributed by atoms with Crippen molar-refractivity contribution < 1.29 is 101 Å². The first-order valence-corrected chi connectivity index (χ1v) is 36.1. The van der Waals surface area contributed by atoms with Gasteiger partial charge in [-0.05, 0) is 172 Å². The van der Waals surface area contributed by atoms with Crippen LogP contribution in [-0.4, -0.2) is 96.5 Å². The number of nitrogens with one attached hydrogen (secondary N) is 4. The molecule has 4 aromatic carbocycles. The van der Waals surface area contributed by atoms with Gasteiger partial charge in [-0.2, -0.15) is 52.7 Å². The molecule has 0 spiro atoms. The number of aromatic carboxylic acids is 1. The van der Waals surface area contributed by atoms with Gasteiger partial charge < -0.3 is 39.3 Å². The monoisotopic (exact) mass is 1600 g/mol. The lowest BCUT2D eigenvalue weighted by atomic mass is 10.0. The highest BCUT2D eigenvalue weighted by Crippen LogP contribution is 2.34. The molecule has 4 heterocycles. The summed E-state index contributed by atoms with van der Waals surface area (Å²) in [5.74, 6) is -2.70. The molecule has 8 aromatic rings. The lowest BCUT2D eigenvalue weighted by molar-refractivity contribution is -0.138. The van der Waals surface area contributed by atoms with Crippen LogP contribution in [0.15, 0.2) is 128 Å². The smallest absolute Gasteiger partial charge is 0.477 e. The zero-order valence-corrected chi connectivity index (χ0v) is 59.9. The van der Waals surface area contributed by atoms with Crippen molar-refractivity contribution in [1.29, 1.82) is 0 Å². The minimum Gasteiger partial charge on any atom is -0.477 e. The molecule has 0 saturated carbocycles. The standard InChI is InChI=1S/C17H16F3NO3.C17H18F3NO2.C15H14F3NO2.C9H6ClF3O.C8H11NO2.CH2Cl2.3CH4.Al.3ClH/c1-3-24-16(23)15-10(2)13(9-21-15)14(22)8-11-5-4-6-12(7-11)17(18,19)20;1-3-23-16(22)15-11(2)13(10-21-15)8-7-12-5-4-6-14(9-12)17(18,19)20;1-9-11(8-19-13(9)14(20)21)6-5-10-3-2-4-12(7-10)15(16,17)18;10-8(14)5-6-2-1-3-7(4-6)9(11,12)13;1-3-11-8(10)7-6(2)4-5-9-7;2-1-3;;;;;;;/h4-7,9,21H,3,8H2,1-2H3;4-6,9-10,21H,3,7-8H2,1-2H3;2-4,7-8,19H,5-6H2,1H3,(H,20,21);1-4H,5H2;4-5,9H,3H2,1-2H3;1H2;3*1H4;;3*1H/q;;;;;;;;;+3;;;/p-3. The highest BCUT2D eigenvalue weighted by molar-refractivity contribution is 7.54. The minimum atomic E-state index is -4.46. The summed E-state index contributed by atoms with van der Waals surface area (Å²) in [4.78, 5) is 79.3. The molecule has 0 aliphatic rings. The van der Waals surface area contributed by atoms with Gasteiger partial charge in [0.2, 0.25) is 5.24 Å². The second-order valence-corrected chi connectivity index (χ2v) is 28.3. The van der Waals surface area contributed by atoms with Crippen LogP contribution in [0.2, 0.25) is 0 Å². The van der Waals surface area contributed by atoms with Crippen LogP contribution in [0.1, 0.15) is 173 Å². The number of aromatic amines is 4. The normalized spacial score (nSPS) is 10.6. The molecule has 0 bridgehead atoms. The van der Waals surface area contributed by atoms with Crippen molar-refractivity contribution in [3.8, 4) is 0 Å². The molecule has 0 unspecified atom stereocenters. The third-order valence-corrected chi connectivity index (χ3v) is 13.8. The summed E-state index contributed by atoms with van der Waals surface area (Å²) in [6.45, 7) is 13.0. The van der Waals surface area contributed by atoms with Crippen molar-refractivity contribution in [3.05, 3.63) is 234 Å². The molecule has 568 valence electrons. The van der Waals surface area contributed by atoms with Crippen molar-refractivity contribution in [2.24, 2.45) is 0 Å². The molecule has 5 N–H and O–H groups in total. The van der Waals surface area contributed by atoms with E-state index in [1.54, 1.807) is 72.3 Å². The van der Waals surface area contributed by atoms with E-state index in [4.69, 9.17) is 84.3 Å². The summed E-state index contributed by atoms with van der Waals surface area (Å²) in [6.07, 6.45) is -9.61. The van der Waals surface area contributed by atoms with E-state index in [-0.39, 0.29) is 93.5 Å². The topological polar surface area (TPSA) is 213 Å². The molecule has 103 heavy (non-hydrogen) atoms. The van der Waals surface area contributed by atoms with E-state index >= 15 is 0 Å². The second kappa shape index (κ2) is 47.2. The Hall–Kier alpha value is -7.35. The number of carboxylic acid groups (broad SMARTS) is 1. The van der Waals surface area contributed by atoms with Crippen molar-refractivity contribution in [2.45, 2.75) is 134 Å². The fourth-order valence-corrected chi connectivity index (χ4v) is 8.98. The number of carboxylic acids is 1. The van der Waals surface area contributed by atoms with E-state index in [1.165, 1.54) is 42.6 Å². The van der Waals surface area contributed by atoms with Crippen LogP contribution in [-0.2, 0) is 82.2 Å². The fraction of sp³-hybridized carbons (Fsp3) is 0.343. The van der Waals surface area contributed by atoms with E-state index in [2.05, 4.69) is 19.9 Å². The van der Waals surface area contributed by atoms with E-state index in [0.717, 1.165) is 70.8 Å². The molecule has 33 heteroatoms. The van der Waals surface area contributed by atoms with Gasteiger partial charge in [-0.15, -0.1) is 23.2 Å². The molecule has 0 aliphatic heterocycles. The summed E-state index contributed by atoms with van der Waals surface area (Å²) in [5, 5.41) is 8.45. The van der Waals surface area contributed by atoms with Gasteiger partial charge in [-0.25, -0.2) is 49.3 Å². The summed E-state index contributed by atoms with van der Waals surface area (Å²) >= 11 is 12.9. The molecule has 0 amide bonds. The van der Waals surface area contributed by atoms with Gasteiger partial charge in [0.25, 0.3) is 0 Å². The number of carbonyl (C=O) groups is 6. The second-order valence-electron chi connectivity index (χ2n) is 20.6. The van der Waals surface area contributed by atoms with Gasteiger partial charge in [0.1, 0.15) is 22.8 Å². The van der Waals surface area contributed by atoms with Gasteiger partial charge in [0.05, 0.1) is 47.4 Å². The van der Waals surface area contributed by atoms with Crippen LogP contribution in [0.3, 0.4) is 0 Å². The van der Waals surface area contributed by atoms with Gasteiger partial charge in [-0.3, -0.25) is 9.59 Å². The number of aromatic nitrogens is 4. The predicted molar refractivity (Wildman–Crippen MR) is 380 cm³/mol. The molecule has 0 radical (unpaired) electrons. The molecular formula is C70H79AlCl6F12N4O10. The van der Waals surface area contributed by atoms with Crippen LogP contribution in [0, 0.1) is 27.7 Å². The molecule has 14 nitrogen and oxygen atoms in total. The first-order valence-electron chi connectivity index (χ1n) is 29.5. The summed E-state index contributed by atoms with van der Waals surface area (Å²) in [5.41, 5.74) is 4.73. The van der Waals surface area contributed by atoms with Crippen molar-refractivity contribution >= 4 is 111 Å². The Balaban J connectivity index is 0. The van der Waals surface area contributed by atoms with Gasteiger partial charge >= 0.3 is 60.0 Å². The Morgan fingerprint density at radius 1 is 0.447 bits per heavy atom. The number of ketones is 1. The molecule has 0 saturated heterocycles. The van der Waals surface area contributed by atoms with E-state index < -0.39 is 81.5 Å². The first kappa shape index (κ1) is 97.7. The molecule has 0 fully saturated rings. The first-order chi connectivity index (χ1) is 46.6. The number of benzene rings is 4. The quantitative estimate of drug-likeness (QED) is 0.0104. The van der Waals surface area contributed by atoms with Crippen molar-refractivity contribution in [3.63, 3.8) is 0 Å². The minimum absolute atomic E-state index is 0. The number of rotatable bonds is 18. The third kappa shape index (κ3) is 34.9. The Morgan fingerprint density at radius 2 is 0.757 bits per heavy atom. The lowest BCUT2D eigenvalue weighted by Gasteiger charge is -2.08. The largest absolute Gasteiger partial charge is 0.643 e. The van der Waals surface area contributed by atoms with Crippen LogP contribution >= 0.6 is 65.0 Å². The molecule has 0 aliphatic carbocycles. The highest BCUT2D eigenvalue weighted by atomic mass is 35.8. The Morgan fingerprint density at radius 3 is 1.08 bits per heavy atom. The Labute approximate surface area is 621 Å². The zero-order valence-electron chi connectivity index (χ0n) is 54.2. The number of carbonyl (C=O) groups excluding carboxylic acids is 5. The van der Waals surface area contributed by atoms with Crippen LogP contribution in [0.25, 0.3) is 0 Å². The number of ether oxygens (including phenoxy) is 3. The Kier molecular flexibility index (Phi) is 44.8. The third-order valence-electron chi connectivity index (χ3n) is 13.6. The molecule has 0 atom stereocenters. The van der Waals surface area contributed by atoms with Crippen LogP contribution in [0.5, 0.6) is 0 Å². The average Bonchev–Trinajstić information content (AvgIpc) is 1.79. The molecule has 4 aromatic heterocycles. The highest BCUT2D eigenvalue weighted by Gasteiger charge is 2.33. The number of alkyl halides is 14. The maximum atomic E-state index is 12.7. The summed E-state index contributed by atoms with van der Waals surface area (Å²) in [7, 11) is 14.8. The lowest BCUT2D eigenvalue weighted by Crippen LogP contribution is -2.09. The fourth-order valence-electron chi connectivity index (χ4n) is 8.82. The predicted octanol–water partition coefficient (Wildman–Crippen LogP) is 21.6. The van der Waals surface area contributed by atoms with Crippen molar-refractivity contribution in [1.82, 2.24) is 19.9 Å². The van der Waals surface area contributed by atoms with Gasteiger partial charge in [0.15, 0.2) is 5.78 Å². The number of H-pyrrole nitrogens is 4. The summed E-state index contributed by atoms with van der Waals surface area (Å²) in [6, 6.07) is 21.5. The zero-order chi connectivity index (χ0) is 75.9. The Bertz CT molecular complexity index is 3920. The van der Waals surface area contributed by atoms with Crippen LogP contribution < -0.4 is 0 Å². The van der Waals surface area contributed by atoms with Gasteiger partial charge in [-0.1, -0.05) is 95.1 Å². The van der Waals surface area contributed by atoms with Crippen molar-refractivity contribution in [2.75, 3.05) is 25.2 Å². The summed E-state index contributed by atoms with van der Waals surface area (Å²) < 4.78 is 165. The molecular weight excluding hydrogens is 1520 g/mol. The number of hydrogen-bond acceptors (Lipinski definition) is 9. The maximum absolute atomic E-state index is 12.7. The van der Waals surface area contributed by atoms with Gasteiger partial charge in [0, 0.05) is 43.2 Å². The SMILES string of the molecule is C.C.C.CCOC(=O)c1[nH]cc(C(=O)Cc2cccc(C(F)(F)F)c2)c1C.CCOC(=O)c1[nH]cc(CCc2cccc(C(F)(F)F)c2)c1C.CCOC(=O)c1[nH]ccc1C.Cc1c(CCc2cccc(C(F)(F)F)c2)c[nH]c1C(=O)O.ClCCl.O=C(Cl)Cc1cccc(C(F)(F)F)c1.[Cl][Al]([Cl])[Cl]. The van der Waals surface area contributed by atoms with E-state index in [0.29, 0.717) is 65.9 Å². The number of hydrogen-bond donors (Lipinski definition) is 5. The number of esters is 3. The molecule has 8 rings (SSSR count). The maximum Gasteiger partial charge on any atom is 0.643 e. The van der Waals surface area contributed by atoms with E-state index in [9.17, 15) is 81.5 Å². The number of aryl methyl sites for hydroxylation is 5.